The molecular formula is C15H20N2O3. The molecule has 0 unspecified atom stereocenters. The van der Waals surface area contributed by atoms with Crippen LogP contribution in [-0.4, -0.2) is 23.0 Å². The van der Waals surface area contributed by atoms with Crippen molar-refractivity contribution in [2.24, 2.45) is 11.7 Å². The average Bonchev–Trinajstić information content (AvgIpc) is 2.45. The molecule has 0 spiro atoms. The molecule has 0 radical (unpaired) electrons. The van der Waals surface area contributed by atoms with E-state index in [1.54, 1.807) is 12.1 Å². The Morgan fingerprint density at radius 1 is 1.20 bits per heavy atom. The van der Waals surface area contributed by atoms with Gasteiger partial charge in [-0.25, -0.2) is 0 Å². The van der Waals surface area contributed by atoms with Gasteiger partial charge in [0.2, 0.25) is 5.91 Å². The van der Waals surface area contributed by atoms with Crippen LogP contribution in [0.3, 0.4) is 0 Å². The zero-order valence-corrected chi connectivity index (χ0v) is 11.3. The van der Waals surface area contributed by atoms with Gasteiger partial charge in [-0.05, 0) is 37.3 Å². The molecule has 20 heavy (non-hydrogen) atoms. The second kappa shape index (κ2) is 6.52. The van der Waals surface area contributed by atoms with Crippen LogP contribution in [0, 0.1) is 5.92 Å². The molecule has 5 heteroatoms. The third-order valence-electron chi connectivity index (χ3n) is 3.94. The number of aliphatic carboxylic acids is 1. The Kier molecular flexibility index (Phi) is 4.74. The van der Waals surface area contributed by atoms with Crippen molar-refractivity contribution in [3.8, 4) is 0 Å². The lowest BCUT2D eigenvalue weighted by atomic mass is 9.86. The number of benzene rings is 1. The van der Waals surface area contributed by atoms with Gasteiger partial charge in [0.25, 0.3) is 0 Å². The molecule has 1 aliphatic carbocycles. The highest BCUT2D eigenvalue weighted by atomic mass is 16.4. The monoisotopic (exact) mass is 276 g/mol. The predicted octanol–water partition coefficient (Wildman–Crippen LogP) is 1.52. The molecule has 1 aliphatic rings. The van der Waals surface area contributed by atoms with Crippen LogP contribution in [-0.2, 0) is 11.3 Å². The molecule has 1 aromatic rings. The molecule has 0 heterocycles. The third-order valence-corrected chi connectivity index (χ3v) is 3.94. The van der Waals surface area contributed by atoms with Crippen molar-refractivity contribution in [1.82, 2.24) is 5.32 Å². The van der Waals surface area contributed by atoms with Gasteiger partial charge in [0, 0.05) is 18.2 Å². The maximum Gasteiger partial charge on any atom is 0.306 e. The van der Waals surface area contributed by atoms with E-state index >= 15 is 0 Å². The summed E-state index contributed by atoms with van der Waals surface area (Å²) in [6.07, 6.45) is 3.14. The number of carbonyl (C=O) groups excluding carboxylic acids is 1. The van der Waals surface area contributed by atoms with E-state index in [2.05, 4.69) is 5.32 Å². The van der Waals surface area contributed by atoms with E-state index in [9.17, 15) is 9.59 Å². The van der Waals surface area contributed by atoms with Crippen LogP contribution in [0.5, 0.6) is 0 Å². The number of nitrogens with one attached hydrogen (secondary N) is 1. The number of rotatable bonds is 5. The Morgan fingerprint density at radius 2 is 1.85 bits per heavy atom. The minimum atomic E-state index is -0.692. The van der Waals surface area contributed by atoms with E-state index in [0.717, 1.165) is 18.4 Å². The van der Waals surface area contributed by atoms with Gasteiger partial charge >= 0.3 is 5.97 Å². The molecule has 0 bridgehead atoms. The Balaban J connectivity index is 1.88. The van der Waals surface area contributed by atoms with E-state index in [4.69, 9.17) is 10.8 Å². The first-order valence-corrected chi connectivity index (χ1v) is 6.92. The molecule has 1 aromatic carbocycles. The molecule has 1 fully saturated rings. The van der Waals surface area contributed by atoms with Crippen molar-refractivity contribution in [1.29, 1.82) is 0 Å². The van der Waals surface area contributed by atoms with Crippen LogP contribution in [0.2, 0.25) is 0 Å². The average molecular weight is 276 g/mol. The van der Waals surface area contributed by atoms with E-state index in [-0.39, 0.29) is 5.92 Å². The van der Waals surface area contributed by atoms with Crippen molar-refractivity contribution >= 4 is 11.9 Å². The second-order valence-corrected chi connectivity index (χ2v) is 5.29. The lowest BCUT2D eigenvalue weighted by molar-refractivity contribution is -0.142. The number of hydrogen-bond acceptors (Lipinski definition) is 3. The highest BCUT2D eigenvalue weighted by Crippen LogP contribution is 2.24. The number of carbonyl (C=O) groups is 2. The van der Waals surface area contributed by atoms with Crippen LogP contribution in [0.15, 0.2) is 24.3 Å². The van der Waals surface area contributed by atoms with E-state index < -0.39 is 11.9 Å². The summed E-state index contributed by atoms with van der Waals surface area (Å²) >= 11 is 0. The minimum Gasteiger partial charge on any atom is -0.481 e. The van der Waals surface area contributed by atoms with E-state index in [0.29, 0.717) is 31.0 Å². The molecule has 0 atom stereocenters. The Bertz CT molecular complexity index is 494. The first-order valence-electron chi connectivity index (χ1n) is 6.92. The van der Waals surface area contributed by atoms with Gasteiger partial charge in [0.15, 0.2) is 0 Å². The molecule has 108 valence electrons. The largest absolute Gasteiger partial charge is 0.481 e. The normalized spacial score (nSPS) is 22.4. The van der Waals surface area contributed by atoms with Crippen molar-refractivity contribution in [3.05, 3.63) is 35.4 Å². The third kappa shape index (κ3) is 3.57. The zero-order valence-electron chi connectivity index (χ0n) is 11.3. The van der Waals surface area contributed by atoms with Crippen LogP contribution in [0.1, 0.15) is 41.6 Å². The maximum atomic E-state index is 11.3. The first kappa shape index (κ1) is 14.5. The molecule has 0 aliphatic heterocycles. The number of primary amides is 1. The highest BCUT2D eigenvalue weighted by molar-refractivity contribution is 5.94. The summed E-state index contributed by atoms with van der Waals surface area (Å²) in [4.78, 5) is 22.2. The first-order chi connectivity index (χ1) is 9.58. The topological polar surface area (TPSA) is 92.4 Å². The molecular weight excluding hydrogens is 256 g/mol. The van der Waals surface area contributed by atoms with E-state index in [1.807, 2.05) is 12.1 Å². The van der Waals surface area contributed by atoms with Gasteiger partial charge in [-0.1, -0.05) is 18.2 Å². The van der Waals surface area contributed by atoms with Crippen molar-refractivity contribution in [2.75, 3.05) is 0 Å². The van der Waals surface area contributed by atoms with Gasteiger partial charge in [-0.2, -0.15) is 0 Å². The summed E-state index contributed by atoms with van der Waals surface area (Å²) in [5.74, 6) is -1.31. The number of carboxylic acid groups (broad SMARTS) is 1. The summed E-state index contributed by atoms with van der Waals surface area (Å²) in [5, 5.41) is 12.4. The molecule has 0 aromatic heterocycles. The lowest BCUT2D eigenvalue weighted by Gasteiger charge is -2.27. The Labute approximate surface area is 118 Å². The molecule has 1 amide bonds. The molecule has 2 rings (SSSR count). The summed E-state index contributed by atoms with van der Waals surface area (Å²) in [6, 6.07) is 7.59. The van der Waals surface area contributed by atoms with Gasteiger partial charge in [-0.3, -0.25) is 9.59 Å². The van der Waals surface area contributed by atoms with Crippen LogP contribution in [0.25, 0.3) is 0 Å². The fourth-order valence-corrected chi connectivity index (χ4v) is 2.71. The lowest BCUT2D eigenvalue weighted by Crippen LogP contribution is -2.35. The fourth-order valence-electron chi connectivity index (χ4n) is 2.71. The summed E-state index contributed by atoms with van der Waals surface area (Å²) in [5.41, 5.74) is 6.77. The minimum absolute atomic E-state index is 0.203. The van der Waals surface area contributed by atoms with Crippen LogP contribution < -0.4 is 11.1 Å². The summed E-state index contributed by atoms with van der Waals surface area (Å²) in [7, 11) is 0. The number of hydrogen-bond donors (Lipinski definition) is 3. The molecule has 0 saturated heterocycles. The predicted molar refractivity (Wildman–Crippen MR) is 75.2 cm³/mol. The zero-order chi connectivity index (χ0) is 14.5. The highest BCUT2D eigenvalue weighted by Gasteiger charge is 2.25. The van der Waals surface area contributed by atoms with Crippen molar-refractivity contribution < 1.29 is 14.7 Å². The molecule has 1 saturated carbocycles. The van der Waals surface area contributed by atoms with Gasteiger partial charge < -0.3 is 16.2 Å². The smallest absolute Gasteiger partial charge is 0.306 e. The summed E-state index contributed by atoms with van der Waals surface area (Å²) < 4.78 is 0. The second-order valence-electron chi connectivity index (χ2n) is 5.29. The molecule has 4 N–H and O–H groups in total. The number of carboxylic acids is 1. The fraction of sp³-hybridized carbons (Fsp3) is 0.467. The van der Waals surface area contributed by atoms with E-state index in [1.165, 1.54) is 0 Å². The van der Waals surface area contributed by atoms with Gasteiger partial charge in [0.1, 0.15) is 0 Å². The Hall–Kier alpha value is -1.88. The standard InChI is InChI=1S/C15H20N2O3/c16-14(18)13-4-2-1-3-11(13)9-17-12-7-5-10(6-8-12)15(19)20/h1-4,10,12,17H,5-9H2,(H2,16,18)(H,19,20). The number of nitrogens with two attached hydrogens (primary N) is 1. The quantitative estimate of drug-likeness (QED) is 0.760. The SMILES string of the molecule is NC(=O)c1ccccc1CNC1CCC(C(=O)O)CC1. The van der Waals surface area contributed by atoms with Crippen molar-refractivity contribution in [3.63, 3.8) is 0 Å². The summed E-state index contributed by atoms with van der Waals surface area (Å²) in [6.45, 7) is 0.585. The maximum absolute atomic E-state index is 11.3. The van der Waals surface area contributed by atoms with Crippen LogP contribution in [0.4, 0.5) is 0 Å². The van der Waals surface area contributed by atoms with Gasteiger partial charge in [0.05, 0.1) is 5.92 Å². The number of amides is 1. The van der Waals surface area contributed by atoms with Crippen molar-refractivity contribution in [2.45, 2.75) is 38.3 Å². The molecule has 5 nitrogen and oxygen atoms in total. The Morgan fingerprint density at radius 3 is 2.45 bits per heavy atom. The van der Waals surface area contributed by atoms with Crippen LogP contribution >= 0.6 is 0 Å². The van der Waals surface area contributed by atoms with Gasteiger partial charge in [-0.15, -0.1) is 0 Å².